The smallest absolute Gasteiger partial charge is 0.146 e. The Bertz CT molecular complexity index is 582. The summed E-state index contributed by atoms with van der Waals surface area (Å²) in [5.74, 6) is -0.306. The number of aryl methyl sites for hydroxylation is 1. The van der Waals surface area contributed by atoms with Crippen LogP contribution in [0, 0.1) is 5.82 Å². The quantitative estimate of drug-likeness (QED) is 0.834. The summed E-state index contributed by atoms with van der Waals surface area (Å²) in [5, 5.41) is 0. The van der Waals surface area contributed by atoms with Crippen LogP contribution in [0.5, 0.6) is 0 Å². The lowest BCUT2D eigenvalue weighted by Crippen LogP contribution is -2.43. The minimum Gasteiger partial charge on any atom is -0.321 e. The molecular formula is C15H15FN2. The summed E-state index contributed by atoms with van der Waals surface area (Å²) in [6, 6.07) is 9.94. The molecule has 0 bridgehead atoms. The molecule has 2 nitrogen and oxygen atoms in total. The van der Waals surface area contributed by atoms with Crippen molar-refractivity contribution in [2.24, 2.45) is 5.73 Å². The molecule has 0 saturated heterocycles. The van der Waals surface area contributed by atoms with Gasteiger partial charge in [0.15, 0.2) is 0 Å². The maximum Gasteiger partial charge on any atom is 0.146 e. The van der Waals surface area contributed by atoms with Gasteiger partial charge >= 0.3 is 0 Å². The van der Waals surface area contributed by atoms with Crippen LogP contribution >= 0.6 is 0 Å². The summed E-state index contributed by atoms with van der Waals surface area (Å²) in [7, 11) is 0. The molecule has 0 spiro atoms. The maximum absolute atomic E-state index is 13.9. The zero-order valence-corrected chi connectivity index (χ0v) is 10.1. The minimum absolute atomic E-state index is 0.306. The molecule has 3 heteroatoms. The van der Waals surface area contributed by atoms with Crippen LogP contribution in [0.15, 0.2) is 42.7 Å². The molecule has 18 heavy (non-hydrogen) atoms. The van der Waals surface area contributed by atoms with E-state index in [-0.39, 0.29) is 5.82 Å². The summed E-state index contributed by atoms with van der Waals surface area (Å²) in [6.07, 6.45) is 5.20. The van der Waals surface area contributed by atoms with E-state index in [1.54, 1.807) is 12.3 Å². The molecule has 0 saturated carbocycles. The van der Waals surface area contributed by atoms with Gasteiger partial charge in [-0.1, -0.05) is 24.3 Å². The normalized spacial score (nSPS) is 22.6. The Kier molecular flexibility index (Phi) is 2.63. The van der Waals surface area contributed by atoms with Crippen molar-refractivity contribution < 1.29 is 4.39 Å². The lowest BCUT2D eigenvalue weighted by Gasteiger charge is -2.35. The zero-order chi connectivity index (χ0) is 12.6. The van der Waals surface area contributed by atoms with Gasteiger partial charge in [0.1, 0.15) is 5.82 Å². The van der Waals surface area contributed by atoms with E-state index >= 15 is 0 Å². The summed E-state index contributed by atoms with van der Waals surface area (Å²) >= 11 is 0. The molecule has 1 aromatic carbocycles. The molecule has 2 N–H and O–H groups in total. The van der Waals surface area contributed by atoms with Gasteiger partial charge in [0.2, 0.25) is 0 Å². The molecule has 92 valence electrons. The summed E-state index contributed by atoms with van der Waals surface area (Å²) in [4.78, 5) is 3.78. The van der Waals surface area contributed by atoms with Crippen LogP contribution < -0.4 is 5.73 Å². The Balaban J connectivity index is 2.02. The lowest BCUT2D eigenvalue weighted by atomic mass is 9.75. The van der Waals surface area contributed by atoms with Crippen LogP contribution in [-0.2, 0) is 18.4 Å². The van der Waals surface area contributed by atoms with Crippen molar-refractivity contribution in [2.45, 2.75) is 24.8 Å². The highest BCUT2D eigenvalue weighted by Crippen LogP contribution is 2.35. The molecular weight excluding hydrogens is 227 g/mol. The summed E-state index contributed by atoms with van der Waals surface area (Å²) in [6.45, 7) is 0. The predicted molar refractivity (Wildman–Crippen MR) is 68.5 cm³/mol. The fourth-order valence-electron chi connectivity index (χ4n) is 2.77. The first-order valence-electron chi connectivity index (χ1n) is 6.15. The van der Waals surface area contributed by atoms with Crippen LogP contribution in [0.4, 0.5) is 4.39 Å². The van der Waals surface area contributed by atoms with Gasteiger partial charge in [0, 0.05) is 17.3 Å². The van der Waals surface area contributed by atoms with Gasteiger partial charge in [0.05, 0.1) is 6.20 Å². The van der Waals surface area contributed by atoms with E-state index < -0.39 is 5.54 Å². The van der Waals surface area contributed by atoms with Crippen molar-refractivity contribution in [1.82, 2.24) is 4.98 Å². The monoisotopic (exact) mass is 242 g/mol. The number of pyridine rings is 1. The molecule has 1 unspecified atom stereocenters. The van der Waals surface area contributed by atoms with Gasteiger partial charge in [-0.2, -0.15) is 0 Å². The highest BCUT2D eigenvalue weighted by atomic mass is 19.1. The van der Waals surface area contributed by atoms with E-state index in [0.29, 0.717) is 12.0 Å². The van der Waals surface area contributed by atoms with Crippen LogP contribution in [0.3, 0.4) is 0 Å². The van der Waals surface area contributed by atoms with E-state index in [2.05, 4.69) is 17.1 Å². The molecule has 0 aliphatic heterocycles. The number of rotatable bonds is 1. The molecule has 0 amide bonds. The van der Waals surface area contributed by atoms with E-state index in [1.165, 1.54) is 17.3 Å². The number of benzene rings is 1. The highest BCUT2D eigenvalue weighted by molar-refractivity contribution is 5.36. The first-order chi connectivity index (χ1) is 8.69. The van der Waals surface area contributed by atoms with Crippen LogP contribution in [0.2, 0.25) is 0 Å². The van der Waals surface area contributed by atoms with Gasteiger partial charge < -0.3 is 5.73 Å². The van der Waals surface area contributed by atoms with E-state index in [9.17, 15) is 4.39 Å². The Morgan fingerprint density at radius 2 is 1.94 bits per heavy atom. The summed E-state index contributed by atoms with van der Waals surface area (Å²) < 4.78 is 13.9. The standard InChI is InChI=1S/C15H15FN2/c16-14-10-18-8-6-13(14)15(17)7-5-11-3-1-2-4-12(11)9-15/h1-4,6,8,10H,5,7,9,17H2. The maximum atomic E-state index is 13.9. The van der Waals surface area contributed by atoms with Crippen LogP contribution in [-0.4, -0.2) is 4.98 Å². The van der Waals surface area contributed by atoms with Crippen molar-refractivity contribution >= 4 is 0 Å². The Morgan fingerprint density at radius 3 is 2.72 bits per heavy atom. The van der Waals surface area contributed by atoms with Gasteiger partial charge in [-0.3, -0.25) is 4.98 Å². The number of nitrogens with two attached hydrogens (primary N) is 1. The van der Waals surface area contributed by atoms with Crippen LogP contribution in [0.1, 0.15) is 23.1 Å². The number of fused-ring (bicyclic) bond motifs is 1. The molecule has 1 aromatic heterocycles. The highest BCUT2D eigenvalue weighted by Gasteiger charge is 2.34. The summed E-state index contributed by atoms with van der Waals surface area (Å²) in [5.41, 5.74) is 8.95. The first kappa shape index (κ1) is 11.4. The molecule has 1 heterocycles. The minimum atomic E-state index is -0.610. The van der Waals surface area contributed by atoms with Crippen LogP contribution in [0.25, 0.3) is 0 Å². The molecule has 2 aromatic rings. The molecule has 0 fully saturated rings. The Labute approximate surface area is 106 Å². The molecule has 3 rings (SSSR count). The van der Waals surface area contributed by atoms with E-state index in [0.717, 1.165) is 12.8 Å². The largest absolute Gasteiger partial charge is 0.321 e. The van der Waals surface area contributed by atoms with Crippen molar-refractivity contribution in [3.63, 3.8) is 0 Å². The van der Waals surface area contributed by atoms with Crippen molar-refractivity contribution in [1.29, 1.82) is 0 Å². The SMILES string of the molecule is NC1(c2ccncc2F)CCc2ccccc2C1. The van der Waals surface area contributed by atoms with Crippen molar-refractivity contribution in [2.75, 3.05) is 0 Å². The number of aromatic nitrogens is 1. The second-order valence-corrected chi connectivity index (χ2v) is 4.96. The number of nitrogens with zero attached hydrogens (tertiary/aromatic N) is 1. The van der Waals surface area contributed by atoms with E-state index in [4.69, 9.17) is 5.73 Å². The number of halogens is 1. The Hall–Kier alpha value is -1.74. The zero-order valence-electron chi connectivity index (χ0n) is 10.1. The third-order valence-electron chi connectivity index (χ3n) is 3.77. The Morgan fingerprint density at radius 1 is 1.17 bits per heavy atom. The van der Waals surface area contributed by atoms with Gasteiger partial charge in [-0.05, 0) is 36.5 Å². The average Bonchev–Trinajstić information content (AvgIpc) is 2.39. The van der Waals surface area contributed by atoms with Gasteiger partial charge in [-0.25, -0.2) is 4.39 Å². The molecule has 0 radical (unpaired) electrons. The van der Waals surface area contributed by atoms with Crippen molar-refractivity contribution in [3.8, 4) is 0 Å². The molecule has 1 atom stereocenters. The average molecular weight is 242 g/mol. The fourth-order valence-corrected chi connectivity index (χ4v) is 2.77. The van der Waals surface area contributed by atoms with E-state index in [1.807, 2.05) is 12.1 Å². The van der Waals surface area contributed by atoms with Crippen molar-refractivity contribution in [3.05, 3.63) is 65.2 Å². The second kappa shape index (κ2) is 4.18. The number of hydrogen-bond donors (Lipinski definition) is 1. The topological polar surface area (TPSA) is 38.9 Å². The molecule has 1 aliphatic rings. The third kappa shape index (κ3) is 1.81. The predicted octanol–water partition coefficient (Wildman–Crippen LogP) is 2.56. The first-order valence-corrected chi connectivity index (χ1v) is 6.15. The molecule has 1 aliphatic carbocycles. The fraction of sp³-hybridized carbons (Fsp3) is 0.267. The lowest BCUT2D eigenvalue weighted by molar-refractivity contribution is 0.367. The number of hydrogen-bond acceptors (Lipinski definition) is 2. The van der Waals surface area contributed by atoms with Gasteiger partial charge in [-0.15, -0.1) is 0 Å². The second-order valence-electron chi connectivity index (χ2n) is 4.96. The third-order valence-corrected chi connectivity index (χ3v) is 3.77. The van der Waals surface area contributed by atoms with Gasteiger partial charge in [0.25, 0.3) is 0 Å².